The minimum absolute atomic E-state index is 0.0911. The maximum Gasteiger partial charge on any atom is 0.227 e. The van der Waals surface area contributed by atoms with Crippen LogP contribution in [0.25, 0.3) is 11.4 Å². The van der Waals surface area contributed by atoms with Crippen molar-refractivity contribution in [3.05, 3.63) is 64.5 Å². The number of nitrogens with zero attached hydrogens (tertiary/aromatic N) is 3. The molecule has 1 aromatic heterocycles. The van der Waals surface area contributed by atoms with Gasteiger partial charge in [-0.3, -0.25) is 4.79 Å². The van der Waals surface area contributed by atoms with Crippen molar-refractivity contribution in [2.24, 2.45) is 0 Å². The van der Waals surface area contributed by atoms with Crippen LogP contribution >= 0.6 is 15.9 Å². The summed E-state index contributed by atoms with van der Waals surface area (Å²) in [4.78, 5) is 18.8. The van der Waals surface area contributed by atoms with Crippen molar-refractivity contribution in [1.29, 1.82) is 0 Å². The number of halogens is 1. The van der Waals surface area contributed by atoms with Crippen LogP contribution in [-0.4, -0.2) is 22.6 Å². The number of hydrogen-bond donors (Lipinski definition) is 0. The second-order valence-corrected chi connectivity index (χ2v) is 6.86. The quantitative estimate of drug-likeness (QED) is 0.666. The summed E-state index contributed by atoms with van der Waals surface area (Å²) in [5, 5.41) is 4.00. The predicted octanol–water partition coefficient (Wildman–Crippen LogP) is 4.02. The van der Waals surface area contributed by atoms with Gasteiger partial charge in [-0.15, -0.1) is 0 Å². The highest BCUT2D eigenvalue weighted by Gasteiger charge is 2.24. The lowest BCUT2D eigenvalue weighted by Crippen LogP contribution is -2.29. The summed E-state index contributed by atoms with van der Waals surface area (Å²) >= 11 is 3.40. The Hall–Kier alpha value is -2.47. The lowest BCUT2D eigenvalue weighted by Gasteiger charge is -2.16. The highest BCUT2D eigenvalue weighted by molar-refractivity contribution is 9.10. The van der Waals surface area contributed by atoms with Crippen molar-refractivity contribution in [2.45, 2.75) is 19.3 Å². The summed E-state index contributed by atoms with van der Waals surface area (Å²) in [6, 6.07) is 15.8. The second-order valence-electron chi connectivity index (χ2n) is 5.94. The van der Waals surface area contributed by atoms with Gasteiger partial charge in [0.15, 0.2) is 0 Å². The molecule has 5 nitrogen and oxygen atoms in total. The largest absolute Gasteiger partial charge is 0.339 e. The summed E-state index contributed by atoms with van der Waals surface area (Å²) in [5.74, 6) is 1.12. The molecule has 1 aliphatic heterocycles. The highest BCUT2D eigenvalue weighted by atomic mass is 79.9. The van der Waals surface area contributed by atoms with Gasteiger partial charge in [-0.1, -0.05) is 39.3 Å². The summed E-state index contributed by atoms with van der Waals surface area (Å²) in [6.07, 6.45) is 1.72. The fourth-order valence-electron chi connectivity index (χ4n) is 3.02. The summed E-state index contributed by atoms with van der Waals surface area (Å²) in [6.45, 7) is 0.742. The number of aryl methyl sites for hydroxylation is 1. The first-order chi connectivity index (χ1) is 12.2. The van der Waals surface area contributed by atoms with E-state index in [9.17, 15) is 4.79 Å². The molecular formula is C19H16BrN3O2. The molecule has 4 rings (SSSR count). The normalized spacial score (nSPS) is 13.1. The molecule has 0 spiro atoms. The van der Waals surface area contributed by atoms with Gasteiger partial charge in [0.2, 0.25) is 17.6 Å². The third kappa shape index (κ3) is 3.35. The molecule has 0 unspecified atom stereocenters. The van der Waals surface area contributed by atoms with E-state index in [1.807, 2.05) is 47.4 Å². The number of amides is 1. The van der Waals surface area contributed by atoms with Crippen LogP contribution in [0.15, 0.2) is 57.5 Å². The van der Waals surface area contributed by atoms with E-state index in [4.69, 9.17) is 4.52 Å². The van der Waals surface area contributed by atoms with E-state index in [-0.39, 0.29) is 5.91 Å². The number of hydrogen-bond acceptors (Lipinski definition) is 4. The van der Waals surface area contributed by atoms with Gasteiger partial charge in [0, 0.05) is 35.1 Å². The number of anilines is 1. The van der Waals surface area contributed by atoms with Gasteiger partial charge in [0.25, 0.3) is 0 Å². The molecule has 2 aromatic carbocycles. The van der Waals surface area contributed by atoms with Gasteiger partial charge in [-0.25, -0.2) is 0 Å². The Morgan fingerprint density at radius 2 is 1.96 bits per heavy atom. The molecule has 2 heterocycles. The Morgan fingerprint density at radius 1 is 1.16 bits per heavy atom. The third-order valence-electron chi connectivity index (χ3n) is 4.31. The minimum atomic E-state index is 0.0911. The van der Waals surface area contributed by atoms with Gasteiger partial charge in [0.1, 0.15) is 0 Å². The Morgan fingerprint density at radius 3 is 2.80 bits per heavy atom. The molecule has 0 fully saturated rings. The first-order valence-corrected chi connectivity index (χ1v) is 8.97. The maximum absolute atomic E-state index is 12.5. The fraction of sp³-hybridized carbons (Fsp3) is 0.211. The second kappa shape index (κ2) is 6.80. The topological polar surface area (TPSA) is 59.2 Å². The lowest BCUT2D eigenvalue weighted by atomic mass is 10.2. The van der Waals surface area contributed by atoms with E-state index in [0.717, 1.165) is 28.7 Å². The van der Waals surface area contributed by atoms with E-state index in [0.29, 0.717) is 24.6 Å². The van der Waals surface area contributed by atoms with Crippen molar-refractivity contribution in [2.75, 3.05) is 11.4 Å². The van der Waals surface area contributed by atoms with E-state index < -0.39 is 0 Å². The van der Waals surface area contributed by atoms with E-state index in [1.54, 1.807) is 0 Å². The van der Waals surface area contributed by atoms with Crippen molar-refractivity contribution in [3.8, 4) is 11.4 Å². The van der Waals surface area contributed by atoms with E-state index >= 15 is 0 Å². The standard InChI is InChI=1S/C19H16BrN3O2/c20-15-7-5-14(6-8-15)19-21-17(25-22-19)9-10-18(24)23-12-11-13-3-1-2-4-16(13)23/h1-8H,9-12H2. The van der Waals surface area contributed by atoms with Gasteiger partial charge in [-0.2, -0.15) is 4.98 Å². The molecule has 0 N–H and O–H groups in total. The molecule has 6 heteroatoms. The predicted molar refractivity (Wildman–Crippen MR) is 98.3 cm³/mol. The molecular weight excluding hydrogens is 382 g/mol. The van der Waals surface area contributed by atoms with E-state index in [2.05, 4.69) is 32.1 Å². The number of para-hydroxylation sites is 1. The molecule has 1 aliphatic rings. The van der Waals surface area contributed by atoms with Crippen LogP contribution in [0.2, 0.25) is 0 Å². The van der Waals surface area contributed by atoms with Crippen LogP contribution in [0.3, 0.4) is 0 Å². The maximum atomic E-state index is 12.5. The molecule has 0 radical (unpaired) electrons. The van der Waals surface area contributed by atoms with E-state index in [1.165, 1.54) is 5.56 Å². The molecule has 0 aliphatic carbocycles. The van der Waals surface area contributed by atoms with Gasteiger partial charge >= 0.3 is 0 Å². The van der Waals surface area contributed by atoms with Crippen LogP contribution in [0, 0.1) is 0 Å². The monoisotopic (exact) mass is 397 g/mol. The van der Waals surface area contributed by atoms with Crippen LogP contribution in [0.1, 0.15) is 17.9 Å². The van der Waals surface area contributed by atoms with Gasteiger partial charge < -0.3 is 9.42 Å². The Labute approximate surface area is 153 Å². The molecule has 126 valence electrons. The van der Waals surface area contributed by atoms with Gasteiger partial charge in [-0.05, 0) is 42.3 Å². The molecule has 0 atom stereocenters. The van der Waals surface area contributed by atoms with Crippen molar-refractivity contribution in [3.63, 3.8) is 0 Å². The smallest absolute Gasteiger partial charge is 0.227 e. The molecule has 0 saturated carbocycles. The van der Waals surface area contributed by atoms with Crippen LogP contribution in [-0.2, 0) is 17.6 Å². The van der Waals surface area contributed by atoms with Crippen LogP contribution < -0.4 is 4.90 Å². The zero-order valence-electron chi connectivity index (χ0n) is 13.5. The first kappa shape index (κ1) is 16.0. The van der Waals surface area contributed by atoms with Crippen molar-refractivity contribution >= 4 is 27.5 Å². The SMILES string of the molecule is O=C(CCc1nc(-c2ccc(Br)cc2)no1)N1CCc2ccccc21. The summed E-state index contributed by atoms with van der Waals surface area (Å²) in [7, 11) is 0. The Kier molecular flexibility index (Phi) is 4.36. The van der Waals surface area contributed by atoms with Crippen LogP contribution in [0.4, 0.5) is 5.69 Å². The zero-order chi connectivity index (χ0) is 17.2. The van der Waals surface area contributed by atoms with Gasteiger partial charge in [0.05, 0.1) is 0 Å². The lowest BCUT2D eigenvalue weighted by molar-refractivity contribution is -0.118. The van der Waals surface area contributed by atoms with Crippen LogP contribution in [0.5, 0.6) is 0 Å². The molecule has 25 heavy (non-hydrogen) atoms. The average Bonchev–Trinajstić information content (AvgIpc) is 3.27. The molecule has 0 saturated heterocycles. The number of benzene rings is 2. The third-order valence-corrected chi connectivity index (χ3v) is 4.84. The molecule has 0 bridgehead atoms. The minimum Gasteiger partial charge on any atom is -0.339 e. The molecule has 3 aromatic rings. The number of carbonyl (C=O) groups is 1. The average molecular weight is 398 g/mol. The Bertz CT molecular complexity index is 905. The number of carbonyl (C=O) groups excluding carboxylic acids is 1. The first-order valence-electron chi connectivity index (χ1n) is 8.17. The number of fused-ring (bicyclic) bond motifs is 1. The zero-order valence-corrected chi connectivity index (χ0v) is 15.1. The summed E-state index contributed by atoms with van der Waals surface area (Å²) < 4.78 is 6.28. The molecule has 1 amide bonds. The Balaban J connectivity index is 1.41. The number of rotatable bonds is 4. The fourth-order valence-corrected chi connectivity index (χ4v) is 3.28. The van der Waals surface area contributed by atoms with Crippen molar-refractivity contribution < 1.29 is 9.32 Å². The highest BCUT2D eigenvalue weighted by Crippen LogP contribution is 2.28. The van der Waals surface area contributed by atoms with Crippen molar-refractivity contribution in [1.82, 2.24) is 10.1 Å². The number of aromatic nitrogens is 2. The summed E-state index contributed by atoms with van der Waals surface area (Å²) in [5.41, 5.74) is 3.14.